The lowest BCUT2D eigenvalue weighted by Crippen LogP contribution is -2.49. The number of hydrogen-bond donors (Lipinski definition) is 0. The average Bonchev–Trinajstić information content (AvgIpc) is 3.20. The molecule has 1 aromatic carbocycles. The number of thiazole rings is 1. The first-order chi connectivity index (χ1) is 12.0. The molecule has 1 aliphatic rings. The number of piperazine rings is 1. The number of hydrogen-bond acceptors (Lipinski definition) is 5. The van der Waals surface area contributed by atoms with Crippen LogP contribution in [0.5, 0.6) is 0 Å². The molecule has 0 unspecified atom stereocenters. The van der Waals surface area contributed by atoms with Crippen LogP contribution in [0.15, 0.2) is 24.5 Å². The van der Waals surface area contributed by atoms with Crippen molar-refractivity contribution >= 4 is 32.6 Å². The second kappa shape index (κ2) is 6.15. The molecule has 3 heterocycles. The van der Waals surface area contributed by atoms with Crippen LogP contribution in [0.2, 0.25) is 0 Å². The zero-order valence-electron chi connectivity index (χ0n) is 14.7. The van der Waals surface area contributed by atoms with Gasteiger partial charge in [-0.3, -0.25) is 4.79 Å². The molecule has 0 atom stereocenters. The Morgan fingerprint density at radius 2 is 1.92 bits per heavy atom. The van der Waals surface area contributed by atoms with Crippen LogP contribution in [-0.4, -0.2) is 51.5 Å². The Morgan fingerprint density at radius 1 is 1.16 bits per heavy atom. The predicted molar refractivity (Wildman–Crippen MR) is 100 cm³/mol. The second-order valence-corrected chi connectivity index (χ2v) is 7.55. The first kappa shape index (κ1) is 16.1. The summed E-state index contributed by atoms with van der Waals surface area (Å²) in [6, 6.07) is 4.34. The van der Waals surface area contributed by atoms with Crippen LogP contribution in [0, 0.1) is 13.8 Å². The fourth-order valence-corrected chi connectivity index (χ4v) is 4.38. The normalized spacial score (nSPS) is 15.2. The summed E-state index contributed by atoms with van der Waals surface area (Å²) >= 11 is 1.74. The summed E-state index contributed by atoms with van der Waals surface area (Å²) < 4.78 is 3.03. The number of rotatable bonds is 2. The van der Waals surface area contributed by atoms with E-state index in [0.29, 0.717) is 18.9 Å². The lowest BCUT2D eigenvalue weighted by atomic mass is 10.1. The molecule has 3 aromatic rings. The average molecular weight is 355 g/mol. The Balaban J connectivity index is 1.49. The number of nitrogens with zero attached hydrogens (tertiary/aromatic N) is 5. The van der Waals surface area contributed by atoms with Crippen molar-refractivity contribution in [2.24, 2.45) is 7.05 Å². The van der Waals surface area contributed by atoms with Gasteiger partial charge in [-0.1, -0.05) is 17.4 Å². The summed E-state index contributed by atoms with van der Waals surface area (Å²) in [6.07, 6.45) is 3.46. The molecule has 0 N–H and O–H groups in total. The molecule has 0 bridgehead atoms. The van der Waals surface area contributed by atoms with Gasteiger partial charge >= 0.3 is 0 Å². The predicted octanol–water partition coefficient (Wildman–Crippen LogP) is 2.61. The highest BCUT2D eigenvalue weighted by Gasteiger charge is 2.26. The van der Waals surface area contributed by atoms with Gasteiger partial charge in [-0.2, -0.15) is 0 Å². The maximum atomic E-state index is 12.6. The van der Waals surface area contributed by atoms with Crippen LogP contribution < -0.4 is 4.90 Å². The maximum Gasteiger partial charge on any atom is 0.289 e. The van der Waals surface area contributed by atoms with Crippen LogP contribution >= 0.6 is 11.3 Å². The number of anilines is 1. The third kappa shape index (κ3) is 2.89. The fraction of sp³-hybridized carbons (Fsp3) is 0.389. The van der Waals surface area contributed by atoms with Gasteiger partial charge in [0.2, 0.25) is 0 Å². The first-order valence-electron chi connectivity index (χ1n) is 8.42. The van der Waals surface area contributed by atoms with Gasteiger partial charge in [0.15, 0.2) is 11.0 Å². The first-order valence-corrected chi connectivity index (χ1v) is 9.24. The van der Waals surface area contributed by atoms with Crippen molar-refractivity contribution in [1.29, 1.82) is 0 Å². The van der Waals surface area contributed by atoms with E-state index >= 15 is 0 Å². The SMILES string of the molecule is Cc1cc(C)c2sc(N3CCN(C(=O)c4nccn4C)CC3)nc2c1. The van der Waals surface area contributed by atoms with E-state index in [1.165, 1.54) is 15.8 Å². The van der Waals surface area contributed by atoms with Gasteiger partial charge < -0.3 is 14.4 Å². The van der Waals surface area contributed by atoms with Crippen molar-refractivity contribution in [1.82, 2.24) is 19.4 Å². The highest BCUT2D eigenvalue weighted by atomic mass is 32.1. The number of aromatic nitrogens is 3. The number of aryl methyl sites for hydroxylation is 3. The number of amides is 1. The highest BCUT2D eigenvalue weighted by Crippen LogP contribution is 2.32. The number of imidazole rings is 1. The zero-order chi connectivity index (χ0) is 17.6. The van der Waals surface area contributed by atoms with Crippen LogP contribution in [0.4, 0.5) is 5.13 Å². The van der Waals surface area contributed by atoms with Crippen LogP contribution in [-0.2, 0) is 7.05 Å². The molecule has 0 spiro atoms. The fourth-order valence-electron chi connectivity index (χ4n) is 3.31. The topological polar surface area (TPSA) is 54.3 Å². The van der Waals surface area contributed by atoms with Gasteiger partial charge in [0.1, 0.15) is 0 Å². The van der Waals surface area contributed by atoms with E-state index in [1.54, 1.807) is 28.3 Å². The van der Waals surface area contributed by atoms with Crippen molar-refractivity contribution in [3.63, 3.8) is 0 Å². The van der Waals surface area contributed by atoms with E-state index in [4.69, 9.17) is 4.98 Å². The highest BCUT2D eigenvalue weighted by molar-refractivity contribution is 7.22. The Bertz CT molecular complexity index is 936. The van der Waals surface area contributed by atoms with Crippen LogP contribution in [0.3, 0.4) is 0 Å². The molecule has 1 aliphatic heterocycles. The van der Waals surface area contributed by atoms with Crippen molar-refractivity contribution < 1.29 is 4.79 Å². The molecule has 6 nitrogen and oxygen atoms in total. The second-order valence-electron chi connectivity index (χ2n) is 6.57. The minimum atomic E-state index is 0.00270. The third-order valence-corrected chi connectivity index (χ3v) is 5.93. The zero-order valence-corrected chi connectivity index (χ0v) is 15.5. The molecule has 7 heteroatoms. The molecule has 4 rings (SSSR count). The molecule has 1 fully saturated rings. The van der Waals surface area contributed by atoms with Crippen LogP contribution in [0.1, 0.15) is 21.7 Å². The number of benzene rings is 1. The van der Waals surface area contributed by atoms with E-state index in [2.05, 4.69) is 35.9 Å². The molecular weight excluding hydrogens is 334 g/mol. The Hall–Kier alpha value is -2.41. The van der Waals surface area contributed by atoms with E-state index in [1.807, 2.05) is 11.9 Å². The smallest absolute Gasteiger partial charge is 0.289 e. The summed E-state index contributed by atoms with van der Waals surface area (Å²) in [6.45, 7) is 7.23. The van der Waals surface area contributed by atoms with Crippen LogP contribution in [0.25, 0.3) is 10.2 Å². The monoisotopic (exact) mass is 355 g/mol. The van der Waals surface area contributed by atoms with Gasteiger partial charge in [-0.15, -0.1) is 0 Å². The Kier molecular flexibility index (Phi) is 3.95. The standard InChI is InChI=1S/C18H21N5OS/c1-12-10-13(2)15-14(11-12)20-18(25-15)23-8-6-22(7-9-23)17(24)16-19-4-5-21(16)3/h4-5,10-11H,6-9H2,1-3H3. The lowest BCUT2D eigenvalue weighted by Gasteiger charge is -2.34. The van der Waals surface area contributed by atoms with E-state index in [0.717, 1.165) is 23.7 Å². The van der Waals surface area contributed by atoms with E-state index in [-0.39, 0.29) is 5.91 Å². The van der Waals surface area contributed by atoms with Crippen molar-refractivity contribution in [3.8, 4) is 0 Å². The summed E-state index contributed by atoms with van der Waals surface area (Å²) in [4.78, 5) is 25.7. The van der Waals surface area contributed by atoms with Crippen molar-refractivity contribution in [3.05, 3.63) is 41.5 Å². The molecule has 25 heavy (non-hydrogen) atoms. The summed E-state index contributed by atoms with van der Waals surface area (Å²) in [5, 5.41) is 1.05. The van der Waals surface area contributed by atoms with Gasteiger partial charge in [-0.05, 0) is 31.0 Å². The Morgan fingerprint density at radius 3 is 2.60 bits per heavy atom. The van der Waals surface area contributed by atoms with Crippen molar-refractivity contribution in [2.75, 3.05) is 31.1 Å². The molecule has 0 radical (unpaired) electrons. The largest absolute Gasteiger partial charge is 0.345 e. The third-order valence-electron chi connectivity index (χ3n) is 4.66. The van der Waals surface area contributed by atoms with Gasteiger partial charge in [-0.25, -0.2) is 9.97 Å². The summed E-state index contributed by atoms with van der Waals surface area (Å²) in [5.74, 6) is 0.502. The summed E-state index contributed by atoms with van der Waals surface area (Å²) in [7, 11) is 1.85. The molecular formula is C18H21N5OS. The maximum absolute atomic E-state index is 12.6. The molecule has 1 saturated heterocycles. The summed E-state index contributed by atoms with van der Waals surface area (Å²) in [5.41, 5.74) is 3.60. The van der Waals surface area contributed by atoms with Crippen molar-refractivity contribution in [2.45, 2.75) is 13.8 Å². The minimum Gasteiger partial charge on any atom is -0.345 e. The van der Waals surface area contributed by atoms with Gasteiger partial charge in [0, 0.05) is 45.6 Å². The molecule has 2 aromatic heterocycles. The molecule has 1 amide bonds. The van der Waals surface area contributed by atoms with E-state index in [9.17, 15) is 4.79 Å². The number of carbonyl (C=O) groups excluding carboxylic acids is 1. The number of carbonyl (C=O) groups is 1. The van der Waals surface area contributed by atoms with E-state index < -0.39 is 0 Å². The molecule has 0 aliphatic carbocycles. The molecule has 0 saturated carbocycles. The van der Waals surface area contributed by atoms with Gasteiger partial charge in [0.25, 0.3) is 5.91 Å². The lowest BCUT2D eigenvalue weighted by molar-refractivity contribution is 0.0731. The molecule has 130 valence electrons. The quantitative estimate of drug-likeness (QED) is 0.709. The number of fused-ring (bicyclic) bond motifs is 1. The Labute approximate surface area is 150 Å². The minimum absolute atomic E-state index is 0.00270. The van der Waals surface area contributed by atoms with Gasteiger partial charge in [0.05, 0.1) is 10.2 Å².